The third-order valence-electron chi connectivity index (χ3n) is 6.81. The average molecular weight is 460 g/mol. The molecule has 1 N–H and O–H groups in total. The Kier molecular flexibility index (Phi) is 8.67. The largest absolute Gasteiger partial charge is 0.316 e. The third-order valence-corrected chi connectivity index (χ3v) is 8.57. The minimum atomic E-state index is -0.989. The summed E-state index contributed by atoms with van der Waals surface area (Å²) in [4.78, 5) is 0. The highest BCUT2D eigenvalue weighted by Crippen LogP contribution is 2.43. The number of fused-ring (bicyclic) bond motifs is 3. The molecule has 0 spiro atoms. The zero-order valence-electron chi connectivity index (χ0n) is 21.6. The van der Waals surface area contributed by atoms with Crippen LogP contribution in [0.4, 0.5) is 0 Å². The standard InChI is InChI=1S/C30H43N2Si/c1-9-12-22(4)15-16-27-25-13-10-11-14-26(25)28-18-24(17-21(2)3)29(33(7)8)20-32(28)30(27)23(5)19-31-6/h9-14,18,20-21,27,30-31,33H,4-5,15-17,19H2,1-3,6-8H3/q+1/b12-9-. The van der Waals surface area contributed by atoms with Crippen LogP contribution in [0.25, 0.3) is 11.3 Å². The monoisotopic (exact) mass is 459 g/mol. The Labute approximate surface area is 203 Å². The summed E-state index contributed by atoms with van der Waals surface area (Å²) in [6.45, 7) is 21.3. The summed E-state index contributed by atoms with van der Waals surface area (Å²) in [7, 11) is 1.03. The van der Waals surface area contributed by atoms with Crippen LogP contribution in [0.1, 0.15) is 56.7 Å². The number of pyridine rings is 1. The number of nitrogens with zero attached hydrogens (tertiary/aromatic N) is 1. The maximum Gasteiger partial charge on any atom is 0.213 e. The molecule has 2 nitrogen and oxygen atoms in total. The Morgan fingerprint density at radius 2 is 1.94 bits per heavy atom. The van der Waals surface area contributed by atoms with Gasteiger partial charge in [-0.05, 0) is 56.3 Å². The van der Waals surface area contributed by atoms with Gasteiger partial charge in [-0.1, -0.05) is 76.0 Å². The smallest absolute Gasteiger partial charge is 0.213 e. The van der Waals surface area contributed by atoms with E-state index in [0.717, 1.165) is 25.8 Å². The van der Waals surface area contributed by atoms with Crippen LogP contribution in [0.15, 0.2) is 73.0 Å². The molecule has 0 aliphatic carbocycles. The normalized spacial score (nSPS) is 17.5. The van der Waals surface area contributed by atoms with Crippen molar-refractivity contribution in [2.75, 3.05) is 13.6 Å². The Morgan fingerprint density at radius 1 is 1.21 bits per heavy atom. The molecule has 1 aliphatic rings. The van der Waals surface area contributed by atoms with E-state index in [4.69, 9.17) is 0 Å². The highest BCUT2D eigenvalue weighted by Gasteiger charge is 2.42. The molecule has 0 fully saturated rings. The molecule has 2 atom stereocenters. The van der Waals surface area contributed by atoms with E-state index in [1.54, 1.807) is 10.8 Å². The van der Waals surface area contributed by atoms with E-state index in [1.807, 2.05) is 7.05 Å². The second-order valence-corrected chi connectivity index (χ2v) is 13.3. The minimum absolute atomic E-state index is 0.250. The van der Waals surface area contributed by atoms with Crippen LogP contribution in [-0.4, -0.2) is 22.4 Å². The Balaban J connectivity index is 2.21. The molecule has 3 heteroatoms. The van der Waals surface area contributed by atoms with Crippen LogP contribution in [-0.2, 0) is 6.42 Å². The molecular weight excluding hydrogens is 416 g/mol. The molecule has 33 heavy (non-hydrogen) atoms. The number of nitrogens with one attached hydrogen (secondary N) is 1. The molecule has 2 aromatic rings. The van der Waals surface area contributed by atoms with Gasteiger partial charge in [0.15, 0.2) is 12.2 Å². The van der Waals surface area contributed by atoms with E-state index in [2.05, 4.69) is 106 Å². The van der Waals surface area contributed by atoms with Gasteiger partial charge in [0.1, 0.15) is 0 Å². The van der Waals surface area contributed by atoms with E-state index in [1.165, 1.54) is 28.0 Å². The molecule has 3 rings (SSSR count). The van der Waals surface area contributed by atoms with Gasteiger partial charge < -0.3 is 5.32 Å². The average Bonchev–Trinajstić information content (AvgIpc) is 2.76. The van der Waals surface area contributed by atoms with Crippen molar-refractivity contribution in [1.82, 2.24) is 5.32 Å². The lowest BCUT2D eigenvalue weighted by atomic mass is 9.77. The number of hydrogen-bond donors (Lipinski definition) is 1. The first kappa shape index (κ1) is 25.4. The number of hydrogen-bond acceptors (Lipinski definition) is 1. The Morgan fingerprint density at radius 3 is 2.58 bits per heavy atom. The van der Waals surface area contributed by atoms with Crippen LogP contribution in [0.2, 0.25) is 13.1 Å². The van der Waals surface area contributed by atoms with Crippen molar-refractivity contribution < 1.29 is 4.57 Å². The van der Waals surface area contributed by atoms with Crippen molar-refractivity contribution in [3.63, 3.8) is 0 Å². The zero-order valence-corrected chi connectivity index (χ0v) is 22.8. The molecule has 1 aromatic heterocycles. The van der Waals surface area contributed by atoms with Crippen molar-refractivity contribution in [1.29, 1.82) is 0 Å². The molecule has 1 aromatic carbocycles. The summed E-state index contributed by atoms with van der Waals surface area (Å²) in [6.07, 6.45) is 9.97. The van der Waals surface area contributed by atoms with Gasteiger partial charge in [-0.3, -0.25) is 0 Å². The molecule has 2 unspecified atom stereocenters. The van der Waals surface area contributed by atoms with Gasteiger partial charge >= 0.3 is 0 Å². The van der Waals surface area contributed by atoms with Crippen molar-refractivity contribution in [2.45, 2.75) is 65.1 Å². The van der Waals surface area contributed by atoms with Gasteiger partial charge in [-0.15, -0.1) is 0 Å². The maximum absolute atomic E-state index is 4.59. The van der Waals surface area contributed by atoms with E-state index in [-0.39, 0.29) is 6.04 Å². The van der Waals surface area contributed by atoms with Crippen molar-refractivity contribution in [2.24, 2.45) is 5.92 Å². The number of allylic oxidation sites excluding steroid dienone is 3. The topological polar surface area (TPSA) is 15.9 Å². The van der Waals surface area contributed by atoms with Crippen LogP contribution in [0, 0.1) is 5.92 Å². The molecule has 0 radical (unpaired) electrons. The summed E-state index contributed by atoms with van der Waals surface area (Å²) in [5, 5.41) is 4.97. The predicted molar refractivity (Wildman–Crippen MR) is 147 cm³/mol. The summed E-state index contributed by atoms with van der Waals surface area (Å²) in [5.41, 5.74) is 8.20. The lowest BCUT2D eigenvalue weighted by Gasteiger charge is -2.33. The van der Waals surface area contributed by atoms with Crippen LogP contribution >= 0.6 is 0 Å². The van der Waals surface area contributed by atoms with Gasteiger partial charge in [0.25, 0.3) is 0 Å². The van der Waals surface area contributed by atoms with Crippen LogP contribution < -0.4 is 15.1 Å². The molecule has 0 saturated heterocycles. The SMILES string of the molecule is C=C(/C=C\C)CCC1c2ccccc2-c2cc(CC(C)C)c([SiH](C)C)c[n+]2C1C(=C)CNC. The van der Waals surface area contributed by atoms with Gasteiger partial charge in [-0.25, -0.2) is 0 Å². The Hall–Kier alpha value is -2.23. The first-order valence-corrected chi connectivity index (χ1v) is 15.5. The van der Waals surface area contributed by atoms with Gasteiger partial charge in [-0.2, -0.15) is 4.57 Å². The molecule has 0 bridgehead atoms. The van der Waals surface area contributed by atoms with Crippen LogP contribution in [0.3, 0.4) is 0 Å². The number of likely N-dealkylation sites (N-methyl/N-ethyl adjacent to an activating group) is 1. The molecule has 2 heterocycles. The first-order chi connectivity index (χ1) is 15.8. The molecule has 0 amide bonds. The highest BCUT2D eigenvalue weighted by molar-refractivity contribution is 6.71. The van der Waals surface area contributed by atoms with E-state index < -0.39 is 8.80 Å². The fourth-order valence-electron chi connectivity index (χ4n) is 5.41. The fourth-order valence-corrected chi connectivity index (χ4v) is 6.81. The van der Waals surface area contributed by atoms with Gasteiger partial charge in [0.2, 0.25) is 5.69 Å². The van der Waals surface area contributed by atoms with E-state index in [0.29, 0.717) is 11.8 Å². The molecule has 176 valence electrons. The first-order valence-electron chi connectivity index (χ1n) is 12.6. The summed E-state index contributed by atoms with van der Waals surface area (Å²) in [6, 6.07) is 11.8. The maximum atomic E-state index is 4.59. The molecule has 0 saturated carbocycles. The van der Waals surface area contributed by atoms with Gasteiger partial charge in [0, 0.05) is 28.9 Å². The number of aromatic nitrogens is 1. The second kappa shape index (κ2) is 11.3. The third kappa shape index (κ3) is 5.64. The lowest BCUT2D eigenvalue weighted by molar-refractivity contribution is -0.708. The Bertz CT molecular complexity index is 1030. The molecule has 1 aliphatic heterocycles. The summed E-state index contributed by atoms with van der Waals surface area (Å²) >= 11 is 0. The van der Waals surface area contributed by atoms with E-state index in [9.17, 15) is 0 Å². The lowest BCUT2D eigenvalue weighted by Crippen LogP contribution is -2.52. The minimum Gasteiger partial charge on any atom is -0.316 e. The fraction of sp³-hybridized carbons (Fsp3) is 0.433. The van der Waals surface area contributed by atoms with Crippen molar-refractivity contribution in [3.8, 4) is 11.3 Å². The van der Waals surface area contributed by atoms with E-state index >= 15 is 0 Å². The predicted octanol–water partition coefficient (Wildman–Crippen LogP) is 5.86. The molecular formula is C30H43N2Si+. The van der Waals surface area contributed by atoms with Crippen molar-refractivity contribution >= 4 is 14.0 Å². The summed E-state index contributed by atoms with van der Waals surface area (Å²) in [5.74, 6) is 1.04. The zero-order chi connectivity index (χ0) is 24.1. The second-order valence-electron chi connectivity index (χ2n) is 10.3. The van der Waals surface area contributed by atoms with Crippen molar-refractivity contribution in [3.05, 3.63) is 84.1 Å². The quantitative estimate of drug-likeness (QED) is 0.204. The van der Waals surface area contributed by atoms with Gasteiger partial charge in [0.05, 0.1) is 14.7 Å². The summed E-state index contributed by atoms with van der Waals surface area (Å²) < 4.78 is 2.58. The number of benzene rings is 1. The highest BCUT2D eigenvalue weighted by atomic mass is 28.3. The number of rotatable bonds is 10. The van der Waals surface area contributed by atoms with Crippen LogP contribution in [0.5, 0.6) is 0 Å².